The molecular formula is C31H34N4O5. The van der Waals surface area contributed by atoms with Gasteiger partial charge in [-0.3, -0.25) is 14.9 Å². The number of urea groups is 1. The molecule has 40 heavy (non-hydrogen) atoms. The van der Waals surface area contributed by atoms with Gasteiger partial charge in [0.25, 0.3) is 5.69 Å². The number of morpholine rings is 1. The van der Waals surface area contributed by atoms with Crippen LogP contribution in [0.5, 0.6) is 0 Å². The minimum absolute atomic E-state index is 0.0193. The first-order valence-corrected chi connectivity index (χ1v) is 13.4. The summed E-state index contributed by atoms with van der Waals surface area (Å²) in [5.74, 6) is -0.281. The monoisotopic (exact) mass is 542 g/mol. The van der Waals surface area contributed by atoms with Gasteiger partial charge in [-0.1, -0.05) is 72.8 Å². The van der Waals surface area contributed by atoms with Crippen molar-refractivity contribution in [2.75, 3.05) is 26.3 Å². The molecule has 0 radical (unpaired) electrons. The van der Waals surface area contributed by atoms with Gasteiger partial charge in [-0.25, -0.2) is 4.79 Å². The van der Waals surface area contributed by atoms with Crippen LogP contribution in [0.15, 0.2) is 91.0 Å². The van der Waals surface area contributed by atoms with Crippen molar-refractivity contribution in [3.8, 4) is 0 Å². The van der Waals surface area contributed by atoms with Crippen LogP contribution in [0.4, 0.5) is 10.5 Å². The second-order valence-corrected chi connectivity index (χ2v) is 9.64. The minimum Gasteiger partial charge on any atom is -0.378 e. The molecule has 2 atom stereocenters. The fourth-order valence-corrected chi connectivity index (χ4v) is 4.47. The lowest BCUT2D eigenvalue weighted by atomic mass is 10.0. The first kappa shape index (κ1) is 28.5. The Morgan fingerprint density at radius 3 is 2.15 bits per heavy atom. The number of rotatable bonds is 11. The first-order valence-electron chi connectivity index (χ1n) is 13.4. The summed E-state index contributed by atoms with van der Waals surface area (Å²) in [5.41, 5.74) is 2.89. The van der Waals surface area contributed by atoms with E-state index in [-0.39, 0.29) is 23.7 Å². The minimum atomic E-state index is -0.773. The average molecular weight is 543 g/mol. The fraction of sp³-hybridized carbons (Fsp3) is 0.290. The largest absolute Gasteiger partial charge is 0.378 e. The van der Waals surface area contributed by atoms with E-state index in [1.807, 2.05) is 72.8 Å². The Morgan fingerprint density at radius 2 is 1.52 bits per heavy atom. The number of nitrogens with one attached hydrogen (secondary N) is 2. The van der Waals surface area contributed by atoms with Crippen LogP contribution in [0.2, 0.25) is 0 Å². The summed E-state index contributed by atoms with van der Waals surface area (Å²) in [7, 11) is 0. The molecule has 1 fully saturated rings. The molecule has 0 aromatic heterocycles. The highest BCUT2D eigenvalue weighted by Crippen LogP contribution is 2.15. The maximum absolute atomic E-state index is 13.6. The molecule has 1 aliphatic heterocycles. The summed E-state index contributed by atoms with van der Waals surface area (Å²) in [6, 6.07) is 24.4. The number of non-ortho nitro benzene ring substituents is 1. The molecule has 0 saturated carbocycles. The van der Waals surface area contributed by atoms with Gasteiger partial charge in [-0.05, 0) is 41.7 Å². The number of carbonyl (C=O) groups is 2. The average Bonchev–Trinajstić information content (AvgIpc) is 2.99. The van der Waals surface area contributed by atoms with Crippen molar-refractivity contribution in [2.24, 2.45) is 0 Å². The number of nitrogens with zero attached hydrogens (tertiary/aromatic N) is 2. The molecule has 0 bridgehead atoms. The van der Waals surface area contributed by atoms with Crippen LogP contribution in [0.1, 0.15) is 23.1 Å². The van der Waals surface area contributed by atoms with Crippen molar-refractivity contribution in [1.29, 1.82) is 0 Å². The van der Waals surface area contributed by atoms with E-state index in [0.717, 1.165) is 23.1 Å². The van der Waals surface area contributed by atoms with Gasteiger partial charge in [0.2, 0.25) is 5.91 Å². The molecular weight excluding hydrogens is 508 g/mol. The molecule has 4 rings (SSSR count). The second kappa shape index (κ2) is 14.6. The van der Waals surface area contributed by atoms with Crippen molar-refractivity contribution in [1.82, 2.24) is 15.5 Å². The number of nitro benzene ring substituents is 1. The van der Waals surface area contributed by atoms with E-state index >= 15 is 0 Å². The third kappa shape index (κ3) is 8.78. The molecule has 1 heterocycles. The molecule has 3 aromatic rings. The predicted octanol–water partition coefficient (Wildman–Crippen LogP) is 4.38. The van der Waals surface area contributed by atoms with Gasteiger partial charge < -0.3 is 20.3 Å². The molecule has 2 N–H and O–H groups in total. The van der Waals surface area contributed by atoms with Crippen molar-refractivity contribution in [3.05, 3.63) is 118 Å². The maximum atomic E-state index is 13.6. The lowest BCUT2D eigenvalue weighted by molar-refractivity contribution is -0.384. The first-order chi connectivity index (χ1) is 19.5. The van der Waals surface area contributed by atoms with Crippen LogP contribution in [0.3, 0.4) is 0 Å². The highest BCUT2D eigenvalue weighted by Gasteiger charge is 2.26. The molecule has 1 saturated heterocycles. The normalized spacial score (nSPS) is 14.8. The quantitative estimate of drug-likeness (QED) is 0.276. The molecule has 9 nitrogen and oxygen atoms in total. The Bertz CT molecular complexity index is 1280. The number of aryl methyl sites for hydroxylation is 1. The Hall–Kier alpha value is -4.50. The second-order valence-electron chi connectivity index (χ2n) is 9.64. The Morgan fingerprint density at radius 1 is 0.900 bits per heavy atom. The SMILES string of the molecule is O=C(N[C@H](/C=C/c1ccc([N+](=O)[O-])cc1)CCc1ccccc1)[C@H](Cc1ccccc1)NC(=O)N1CCOCC1. The molecule has 208 valence electrons. The Kier molecular flexibility index (Phi) is 10.4. The highest BCUT2D eigenvalue weighted by atomic mass is 16.6. The van der Waals surface area contributed by atoms with E-state index in [1.54, 1.807) is 17.0 Å². The van der Waals surface area contributed by atoms with Crippen molar-refractivity contribution in [3.63, 3.8) is 0 Å². The van der Waals surface area contributed by atoms with Crippen LogP contribution in [0, 0.1) is 10.1 Å². The van der Waals surface area contributed by atoms with Crippen molar-refractivity contribution in [2.45, 2.75) is 31.3 Å². The number of benzene rings is 3. The van der Waals surface area contributed by atoms with E-state index in [1.165, 1.54) is 12.1 Å². The number of nitro groups is 1. The summed E-state index contributed by atoms with van der Waals surface area (Å²) < 4.78 is 5.35. The summed E-state index contributed by atoms with van der Waals surface area (Å²) in [5, 5.41) is 17.1. The van der Waals surface area contributed by atoms with Gasteiger partial charge in [0.1, 0.15) is 6.04 Å². The molecule has 9 heteroatoms. The summed E-state index contributed by atoms with van der Waals surface area (Å²) in [6.45, 7) is 1.89. The number of ether oxygens (including phenoxy) is 1. The van der Waals surface area contributed by atoms with Gasteiger partial charge in [-0.2, -0.15) is 0 Å². The zero-order chi connectivity index (χ0) is 28.2. The number of hydrogen-bond acceptors (Lipinski definition) is 5. The lowest BCUT2D eigenvalue weighted by Gasteiger charge is -2.29. The maximum Gasteiger partial charge on any atom is 0.318 e. The van der Waals surface area contributed by atoms with Crippen molar-refractivity contribution >= 4 is 23.7 Å². The predicted molar refractivity (Wildman–Crippen MR) is 154 cm³/mol. The third-order valence-corrected chi connectivity index (χ3v) is 6.73. The molecule has 0 unspecified atom stereocenters. The van der Waals surface area contributed by atoms with E-state index < -0.39 is 11.0 Å². The summed E-state index contributed by atoms with van der Waals surface area (Å²) in [6.07, 6.45) is 5.46. The van der Waals surface area contributed by atoms with Crippen molar-refractivity contribution < 1.29 is 19.2 Å². The van der Waals surface area contributed by atoms with Gasteiger partial charge in [0.05, 0.1) is 18.1 Å². The van der Waals surface area contributed by atoms with E-state index in [4.69, 9.17) is 4.74 Å². The van der Waals surface area contributed by atoms with Gasteiger partial charge in [0, 0.05) is 37.7 Å². The molecule has 3 amide bonds. The van der Waals surface area contributed by atoms with Gasteiger partial charge >= 0.3 is 6.03 Å². The lowest BCUT2D eigenvalue weighted by Crippen LogP contribution is -2.55. The number of hydrogen-bond donors (Lipinski definition) is 2. The van der Waals surface area contributed by atoms with E-state index in [2.05, 4.69) is 10.6 Å². The van der Waals surface area contributed by atoms with Crippen LogP contribution in [-0.2, 0) is 22.4 Å². The van der Waals surface area contributed by atoms with Crippen LogP contribution in [0.25, 0.3) is 6.08 Å². The molecule has 3 aromatic carbocycles. The van der Waals surface area contributed by atoms with Crippen LogP contribution >= 0.6 is 0 Å². The van der Waals surface area contributed by atoms with Crippen LogP contribution in [-0.4, -0.2) is 60.1 Å². The Labute approximate surface area is 234 Å². The zero-order valence-corrected chi connectivity index (χ0v) is 22.3. The summed E-state index contributed by atoms with van der Waals surface area (Å²) >= 11 is 0. The molecule has 0 aliphatic carbocycles. The van der Waals surface area contributed by atoms with E-state index in [0.29, 0.717) is 39.1 Å². The smallest absolute Gasteiger partial charge is 0.318 e. The molecule has 0 spiro atoms. The number of carbonyl (C=O) groups excluding carboxylic acids is 2. The van der Waals surface area contributed by atoms with Gasteiger partial charge in [0.15, 0.2) is 0 Å². The zero-order valence-electron chi connectivity index (χ0n) is 22.3. The summed E-state index contributed by atoms with van der Waals surface area (Å²) in [4.78, 5) is 38.9. The number of amides is 3. The third-order valence-electron chi connectivity index (χ3n) is 6.73. The Balaban J connectivity index is 1.50. The fourth-order valence-electron chi connectivity index (χ4n) is 4.47. The van der Waals surface area contributed by atoms with Crippen LogP contribution < -0.4 is 10.6 Å². The highest BCUT2D eigenvalue weighted by molar-refractivity contribution is 5.87. The van der Waals surface area contributed by atoms with E-state index in [9.17, 15) is 19.7 Å². The molecule has 1 aliphatic rings. The van der Waals surface area contributed by atoms with Gasteiger partial charge in [-0.15, -0.1) is 0 Å². The standard InChI is InChI=1S/C31H34N4O5/c36-30(29(23-26-9-5-2-6-10-26)33-31(37)34-19-21-40-22-20-34)32-27(15-11-24-7-3-1-4-8-24)16-12-25-13-17-28(18-14-25)35(38)39/h1-10,12-14,16-18,27,29H,11,15,19-23H2,(H,32,36)(H,33,37)/b16-12+/t27-,29-/m0/s1. The topological polar surface area (TPSA) is 114 Å².